The summed E-state index contributed by atoms with van der Waals surface area (Å²) in [6.07, 6.45) is 1.69. The maximum absolute atomic E-state index is 13.8. The van der Waals surface area contributed by atoms with Crippen molar-refractivity contribution in [1.82, 2.24) is 9.97 Å². The van der Waals surface area contributed by atoms with Crippen LogP contribution >= 0.6 is 0 Å². The molecule has 1 aliphatic heterocycles. The smallest absolute Gasteiger partial charge is 0.267 e. The molecule has 3 rings (SSSR count). The first-order chi connectivity index (χ1) is 10.9. The Morgan fingerprint density at radius 2 is 1.91 bits per heavy atom. The van der Waals surface area contributed by atoms with E-state index < -0.39 is 30.7 Å². The molecule has 6 nitrogen and oxygen atoms in total. The van der Waals surface area contributed by atoms with Gasteiger partial charge in [0.25, 0.3) is 5.92 Å². The van der Waals surface area contributed by atoms with Crippen LogP contribution in [-0.2, 0) is 0 Å². The van der Waals surface area contributed by atoms with Gasteiger partial charge in [0.15, 0.2) is 0 Å². The van der Waals surface area contributed by atoms with Gasteiger partial charge in [-0.05, 0) is 17.7 Å². The van der Waals surface area contributed by atoms with E-state index in [0.717, 1.165) is 12.4 Å². The Hall–Kier alpha value is -2.39. The molecule has 1 atom stereocenters. The number of hydrogen-bond donors (Lipinski definition) is 2. The maximum Gasteiger partial charge on any atom is 0.267 e. The van der Waals surface area contributed by atoms with E-state index in [0.29, 0.717) is 5.56 Å². The molecule has 1 saturated heterocycles. The first kappa shape index (κ1) is 15.5. The lowest BCUT2D eigenvalue weighted by atomic mass is 10.0. The molecule has 0 bridgehead atoms. The fraction of sp³-hybridized carbons (Fsp3) is 0.286. The van der Waals surface area contributed by atoms with Crippen molar-refractivity contribution >= 4 is 11.6 Å². The van der Waals surface area contributed by atoms with Gasteiger partial charge in [-0.1, -0.05) is 12.1 Å². The highest BCUT2D eigenvalue weighted by molar-refractivity contribution is 5.44. The minimum absolute atomic E-state index is 0.00189. The van der Waals surface area contributed by atoms with Crippen LogP contribution in [0.25, 0.3) is 0 Å². The lowest BCUT2D eigenvalue weighted by Gasteiger charge is -2.24. The predicted molar refractivity (Wildman–Crippen MR) is 74.1 cm³/mol. The van der Waals surface area contributed by atoms with Gasteiger partial charge in [0, 0.05) is 6.42 Å². The molecule has 0 aliphatic carbocycles. The number of aromatic nitrogens is 2. The lowest BCUT2D eigenvalue weighted by molar-refractivity contribution is 0.0221. The minimum Gasteiger partial charge on any atom is -0.328 e. The zero-order valence-corrected chi connectivity index (χ0v) is 11.8. The summed E-state index contributed by atoms with van der Waals surface area (Å²) in [5, 5.41) is 17.5. The van der Waals surface area contributed by atoms with E-state index in [1.165, 1.54) is 23.1 Å². The number of anilines is 2. The third kappa shape index (κ3) is 3.20. The summed E-state index contributed by atoms with van der Waals surface area (Å²) < 4.78 is 41.1. The highest BCUT2D eigenvalue weighted by Gasteiger charge is 2.46. The van der Waals surface area contributed by atoms with Gasteiger partial charge in [-0.3, -0.25) is 10.4 Å². The quantitative estimate of drug-likeness (QED) is 0.845. The van der Waals surface area contributed by atoms with Gasteiger partial charge in [0.1, 0.15) is 11.5 Å². The zero-order chi connectivity index (χ0) is 16.6. The lowest BCUT2D eigenvalue weighted by Crippen LogP contribution is -2.28. The van der Waals surface area contributed by atoms with Crippen LogP contribution in [0.5, 0.6) is 0 Å². The van der Waals surface area contributed by atoms with Crippen LogP contribution in [0, 0.1) is 5.82 Å². The van der Waals surface area contributed by atoms with Crippen molar-refractivity contribution in [3.63, 3.8) is 0 Å². The van der Waals surface area contributed by atoms with Gasteiger partial charge in [-0.25, -0.2) is 23.1 Å². The second-order valence-corrected chi connectivity index (χ2v) is 5.29. The molecule has 1 unspecified atom stereocenters. The number of nitrogens with zero attached hydrogens (tertiary/aromatic N) is 4. The van der Waals surface area contributed by atoms with Crippen LogP contribution in [0.4, 0.5) is 24.8 Å². The normalized spacial score (nSPS) is 19.9. The van der Waals surface area contributed by atoms with E-state index in [2.05, 4.69) is 9.97 Å². The number of benzene rings is 1. The third-order valence-electron chi connectivity index (χ3n) is 3.62. The topological polar surface area (TPSA) is 72.7 Å². The van der Waals surface area contributed by atoms with E-state index in [4.69, 9.17) is 10.4 Å². The van der Waals surface area contributed by atoms with E-state index >= 15 is 0 Å². The fourth-order valence-corrected chi connectivity index (χ4v) is 2.60. The summed E-state index contributed by atoms with van der Waals surface area (Å²) in [5.74, 6) is -3.47. The standard InChI is InChI=1S/C14H13F3N4O2/c15-10-3-1-2-9(4-10)12-5-14(16,17)8-20(12)13-18-6-11(7-19-13)21(22)23/h1-4,6-7,12,22-23H,5,8H2. The van der Waals surface area contributed by atoms with Crippen LogP contribution in [0.15, 0.2) is 36.7 Å². The molecule has 1 aromatic heterocycles. The summed E-state index contributed by atoms with van der Waals surface area (Å²) in [4.78, 5) is 9.02. The van der Waals surface area contributed by atoms with Crippen molar-refractivity contribution in [1.29, 1.82) is 0 Å². The summed E-state index contributed by atoms with van der Waals surface area (Å²) in [6, 6.07) is 4.70. The molecule has 122 valence electrons. The SMILES string of the molecule is ON(O)c1cnc(N2CC(F)(F)CC2c2cccc(F)c2)nc1. The Kier molecular flexibility index (Phi) is 3.82. The molecule has 2 aromatic rings. The Balaban J connectivity index is 1.94. The summed E-state index contributed by atoms with van der Waals surface area (Å²) in [5.41, 5.74) is 0.294. The molecular formula is C14H13F3N4O2. The van der Waals surface area contributed by atoms with Gasteiger partial charge < -0.3 is 4.90 Å². The van der Waals surface area contributed by atoms with Crippen molar-refractivity contribution in [3.8, 4) is 0 Å². The molecule has 2 heterocycles. The predicted octanol–water partition coefficient (Wildman–Crippen LogP) is 2.79. The van der Waals surface area contributed by atoms with Crippen LogP contribution in [-0.4, -0.2) is 32.8 Å². The van der Waals surface area contributed by atoms with Crippen LogP contribution in [0.1, 0.15) is 18.0 Å². The summed E-state index contributed by atoms with van der Waals surface area (Å²) >= 11 is 0. The second kappa shape index (κ2) is 5.67. The molecule has 1 aromatic carbocycles. The number of halogens is 3. The first-order valence-electron chi connectivity index (χ1n) is 6.75. The molecule has 1 aliphatic rings. The van der Waals surface area contributed by atoms with E-state index in [1.54, 1.807) is 6.07 Å². The first-order valence-corrected chi connectivity index (χ1v) is 6.75. The summed E-state index contributed by atoms with van der Waals surface area (Å²) in [6.45, 7) is -0.602. The Bertz CT molecular complexity index is 697. The molecule has 0 radical (unpaired) electrons. The maximum atomic E-state index is 13.8. The second-order valence-electron chi connectivity index (χ2n) is 5.29. The number of rotatable bonds is 3. The Morgan fingerprint density at radius 1 is 1.22 bits per heavy atom. The van der Waals surface area contributed by atoms with Crippen LogP contribution in [0.3, 0.4) is 0 Å². The Morgan fingerprint density at radius 3 is 2.52 bits per heavy atom. The number of hydrogen-bond acceptors (Lipinski definition) is 6. The average molecular weight is 326 g/mol. The molecule has 9 heteroatoms. The van der Waals surface area contributed by atoms with Gasteiger partial charge >= 0.3 is 0 Å². The van der Waals surface area contributed by atoms with Gasteiger partial charge in [0.2, 0.25) is 5.95 Å². The van der Waals surface area contributed by atoms with E-state index in [9.17, 15) is 13.2 Å². The number of alkyl halides is 2. The van der Waals surface area contributed by atoms with Crippen molar-refractivity contribution in [2.24, 2.45) is 0 Å². The van der Waals surface area contributed by atoms with E-state index in [1.807, 2.05) is 0 Å². The largest absolute Gasteiger partial charge is 0.328 e. The van der Waals surface area contributed by atoms with Gasteiger partial charge in [-0.2, -0.15) is 0 Å². The van der Waals surface area contributed by atoms with Crippen molar-refractivity contribution in [3.05, 3.63) is 48.0 Å². The van der Waals surface area contributed by atoms with Crippen LogP contribution < -0.4 is 10.1 Å². The monoisotopic (exact) mass is 326 g/mol. The van der Waals surface area contributed by atoms with Gasteiger partial charge in [-0.15, -0.1) is 5.23 Å². The van der Waals surface area contributed by atoms with E-state index in [-0.39, 0.29) is 16.9 Å². The van der Waals surface area contributed by atoms with Crippen molar-refractivity contribution < 1.29 is 23.6 Å². The summed E-state index contributed by atoms with van der Waals surface area (Å²) in [7, 11) is 0. The average Bonchev–Trinajstić information content (AvgIpc) is 2.83. The highest BCUT2D eigenvalue weighted by Crippen LogP contribution is 2.42. The molecule has 0 spiro atoms. The molecular weight excluding hydrogens is 313 g/mol. The molecule has 23 heavy (non-hydrogen) atoms. The van der Waals surface area contributed by atoms with Gasteiger partial charge in [0.05, 0.1) is 25.0 Å². The van der Waals surface area contributed by atoms with Crippen LogP contribution in [0.2, 0.25) is 0 Å². The minimum atomic E-state index is -2.96. The molecule has 1 fully saturated rings. The third-order valence-corrected chi connectivity index (χ3v) is 3.62. The highest BCUT2D eigenvalue weighted by atomic mass is 19.3. The fourth-order valence-electron chi connectivity index (χ4n) is 2.60. The molecule has 0 amide bonds. The Labute approximate surface area is 129 Å². The molecule has 0 saturated carbocycles. The van der Waals surface area contributed by atoms with Crippen molar-refractivity contribution in [2.45, 2.75) is 18.4 Å². The van der Waals surface area contributed by atoms with Crippen molar-refractivity contribution in [2.75, 3.05) is 16.7 Å². The molecule has 2 N–H and O–H groups in total. The zero-order valence-electron chi connectivity index (χ0n) is 11.8.